The van der Waals surface area contributed by atoms with Gasteiger partial charge in [-0.1, -0.05) is 30.3 Å². The van der Waals surface area contributed by atoms with Gasteiger partial charge in [-0.2, -0.15) is 0 Å². The molecule has 0 saturated carbocycles. The van der Waals surface area contributed by atoms with Gasteiger partial charge in [0, 0.05) is 12.4 Å². The first-order valence-corrected chi connectivity index (χ1v) is 5.58. The van der Waals surface area contributed by atoms with Gasteiger partial charge in [-0.3, -0.25) is 9.78 Å². The number of benzene rings is 1. The molecule has 1 aromatic heterocycles. The first kappa shape index (κ1) is 12.0. The van der Waals surface area contributed by atoms with Crippen molar-refractivity contribution in [3.8, 4) is 11.1 Å². The number of carboxylic acids is 1. The maximum absolute atomic E-state index is 11.0. The Morgan fingerprint density at radius 2 is 1.67 bits per heavy atom. The van der Waals surface area contributed by atoms with Crippen LogP contribution >= 0.6 is 0 Å². The van der Waals surface area contributed by atoms with Crippen molar-refractivity contribution in [1.29, 1.82) is 0 Å². The molecule has 0 radical (unpaired) electrons. The highest BCUT2D eigenvalue weighted by Crippen LogP contribution is 2.23. The van der Waals surface area contributed by atoms with Crippen LogP contribution in [0.1, 0.15) is 11.5 Å². The summed E-state index contributed by atoms with van der Waals surface area (Å²) in [6.07, 6.45) is 4.89. The molecule has 1 aromatic carbocycles. The van der Waals surface area contributed by atoms with Crippen LogP contribution in [0.25, 0.3) is 11.1 Å². The van der Waals surface area contributed by atoms with Crippen molar-refractivity contribution in [2.75, 3.05) is 0 Å². The van der Waals surface area contributed by atoms with E-state index < -0.39 is 11.9 Å². The fourth-order valence-electron chi connectivity index (χ4n) is 1.81. The standard InChI is InChI=1S/C15H13NO2/c1-2-14(15(17)18)13-5-3-11(4-6-13)12-7-9-16-10-8-12/h2-10,14H,1H2,(H,17,18). The number of pyridine rings is 1. The number of rotatable bonds is 4. The summed E-state index contributed by atoms with van der Waals surface area (Å²) in [4.78, 5) is 15.0. The molecule has 1 unspecified atom stereocenters. The van der Waals surface area contributed by atoms with Crippen LogP contribution in [-0.4, -0.2) is 16.1 Å². The fourth-order valence-corrected chi connectivity index (χ4v) is 1.81. The zero-order valence-corrected chi connectivity index (χ0v) is 9.78. The number of aromatic nitrogens is 1. The van der Waals surface area contributed by atoms with Crippen molar-refractivity contribution < 1.29 is 9.90 Å². The van der Waals surface area contributed by atoms with Crippen molar-refractivity contribution >= 4 is 5.97 Å². The Kier molecular flexibility index (Phi) is 3.53. The van der Waals surface area contributed by atoms with E-state index in [1.807, 2.05) is 36.4 Å². The maximum Gasteiger partial charge on any atom is 0.314 e. The Labute approximate surface area is 105 Å². The van der Waals surface area contributed by atoms with Gasteiger partial charge in [0.05, 0.1) is 5.92 Å². The Bertz CT molecular complexity index is 546. The van der Waals surface area contributed by atoms with Crippen molar-refractivity contribution in [2.24, 2.45) is 0 Å². The lowest BCUT2D eigenvalue weighted by Crippen LogP contribution is -2.08. The Hall–Kier alpha value is -2.42. The number of hydrogen-bond donors (Lipinski definition) is 1. The molecule has 0 saturated heterocycles. The monoisotopic (exact) mass is 239 g/mol. The van der Waals surface area contributed by atoms with Gasteiger partial charge in [-0.25, -0.2) is 0 Å². The minimum absolute atomic E-state index is 0.656. The van der Waals surface area contributed by atoms with Crippen LogP contribution in [0.5, 0.6) is 0 Å². The first-order valence-electron chi connectivity index (χ1n) is 5.58. The summed E-state index contributed by atoms with van der Waals surface area (Å²) in [6.45, 7) is 3.55. The van der Waals surface area contributed by atoms with Gasteiger partial charge in [-0.05, 0) is 28.8 Å². The molecule has 1 N–H and O–H groups in total. The lowest BCUT2D eigenvalue weighted by molar-refractivity contribution is -0.137. The van der Waals surface area contributed by atoms with Crippen molar-refractivity contribution in [3.63, 3.8) is 0 Å². The number of carbonyl (C=O) groups is 1. The van der Waals surface area contributed by atoms with E-state index in [2.05, 4.69) is 11.6 Å². The second kappa shape index (κ2) is 5.27. The van der Waals surface area contributed by atoms with Gasteiger partial charge in [0.2, 0.25) is 0 Å². The average molecular weight is 239 g/mol. The number of carboxylic acid groups (broad SMARTS) is 1. The topological polar surface area (TPSA) is 50.2 Å². The first-order chi connectivity index (χ1) is 8.72. The Balaban J connectivity index is 2.31. The van der Waals surface area contributed by atoms with E-state index >= 15 is 0 Å². The molecule has 0 aliphatic rings. The lowest BCUT2D eigenvalue weighted by Gasteiger charge is -2.08. The largest absolute Gasteiger partial charge is 0.481 e. The van der Waals surface area contributed by atoms with Crippen molar-refractivity contribution in [2.45, 2.75) is 5.92 Å². The molecule has 0 aliphatic carbocycles. The molecular formula is C15H13NO2. The van der Waals surface area contributed by atoms with Gasteiger partial charge < -0.3 is 5.11 Å². The lowest BCUT2D eigenvalue weighted by atomic mass is 9.97. The van der Waals surface area contributed by atoms with Crippen LogP contribution in [0.15, 0.2) is 61.4 Å². The molecule has 0 spiro atoms. The molecule has 90 valence electrons. The minimum Gasteiger partial charge on any atom is -0.481 e. The normalized spacial score (nSPS) is 11.8. The molecule has 2 rings (SSSR count). The summed E-state index contributed by atoms with van der Waals surface area (Å²) in [5.74, 6) is -1.54. The van der Waals surface area contributed by atoms with Gasteiger partial charge in [0.15, 0.2) is 0 Å². The summed E-state index contributed by atoms with van der Waals surface area (Å²) < 4.78 is 0. The van der Waals surface area contributed by atoms with Gasteiger partial charge >= 0.3 is 5.97 Å². The average Bonchev–Trinajstić information content (AvgIpc) is 2.41. The Morgan fingerprint density at radius 3 is 2.17 bits per heavy atom. The van der Waals surface area contributed by atoms with Crippen LogP contribution in [-0.2, 0) is 4.79 Å². The quantitative estimate of drug-likeness (QED) is 0.834. The summed E-state index contributed by atoms with van der Waals surface area (Å²) in [6, 6.07) is 11.3. The summed E-state index contributed by atoms with van der Waals surface area (Å²) in [7, 11) is 0. The highest BCUT2D eigenvalue weighted by atomic mass is 16.4. The second-order valence-electron chi connectivity index (χ2n) is 3.91. The predicted octanol–water partition coefficient (Wildman–Crippen LogP) is 3.10. The fraction of sp³-hybridized carbons (Fsp3) is 0.0667. The summed E-state index contributed by atoms with van der Waals surface area (Å²) >= 11 is 0. The Morgan fingerprint density at radius 1 is 1.11 bits per heavy atom. The SMILES string of the molecule is C=CC(C(=O)O)c1ccc(-c2ccncc2)cc1. The molecule has 18 heavy (non-hydrogen) atoms. The smallest absolute Gasteiger partial charge is 0.314 e. The van der Waals surface area contributed by atoms with Crippen LogP contribution in [0.3, 0.4) is 0 Å². The number of nitrogens with zero attached hydrogens (tertiary/aromatic N) is 1. The number of aliphatic carboxylic acids is 1. The zero-order valence-electron chi connectivity index (χ0n) is 9.78. The molecular weight excluding hydrogens is 226 g/mol. The molecule has 3 heteroatoms. The van der Waals surface area contributed by atoms with Crippen LogP contribution in [0.4, 0.5) is 0 Å². The van der Waals surface area contributed by atoms with E-state index in [4.69, 9.17) is 5.11 Å². The highest BCUT2D eigenvalue weighted by molar-refractivity contribution is 5.78. The van der Waals surface area contributed by atoms with Crippen molar-refractivity contribution in [1.82, 2.24) is 4.98 Å². The van der Waals surface area contributed by atoms with E-state index in [1.54, 1.807) is 12.4 Å². The van der Waals surface area contributed by atoms with Crippen molar-refractivity contribution in [3.05, 3.63) is 67.0 Å². The maximum atomic E-state index is 11.0. The molecule has 1 atom stereocenters. The van der Waals surface area contributed by atoms with Crippen LogP contribution < -0.4 is 0 Å². The molecule has 0 amide bonds. The third-order valence-electron chi connectivity index (χ3n) is 2.79. The molecule has 0 bridgehead atoms. The van der Waals surface area contributed by atoms with Crippen LogP contribution in [0, 0.1) is 0 Å². The molecule has 1 heterocycles. The van der Waals surface area contributed by atoms with E-state index in [0.717, 1.165) is 16.7 Å². The third-order valence-corrected chi connectivity index (χ3v) is 2.79. The highest BCUT2D eigenvalue weighted by Gasteiger charge is 2.15. The van der Waals surface area contributed by atoms with Gasteiger partial charge in [0.1, 0.15) is 0 Å². The summed E-state index contributed by atoms with van der Waals surface area (Å²) in [5, 5.41) is 9.03. The summed E-state index contributed by atoms with van der Waals surface area (Å²) in [5.41, 5.74) is 2.83. The molecule has 3 nitrogen and oxygen atoms in total. The van der Waals surface area contributed by atoms with Gasteiger partial charge in [0.25, 0.3) is 0 Å². The van der Waals surface area contributed by atoms with Crippen LogP contribution in [0.2, 0.25) is 0 Å². The van der Waals surface area contributed by atoms with E-state index in [-0.39, 0.29) is 0 Å². The minimum atomic E-state index is -0.887. The zero-order chi connectivity index (χ0) is 13.0. The van der Waals surface area contributed by atoms with E-state index in [9.17, 15) is 4.79 Å². The molecule has 2 aromatic rings. The number of hydrogen-bond acceptors (Lipinski definition) is 2. The van der Waals surface area contributed by atoms with E-state index in [1.165, 1.54) is 6.08 Å². The molecule has 0 fully saturated rings. The van der Waals surface area contributed by atoms with Gasteiger partial charge in [-0.15, -0.1) is 6.58 Å². The third kappa shape index (κ3) is 2.46. The predicted molar refractivity (Wildman–Crippen MR) is 70.2 cm³/mol. The second-order valence-corrected chi connectivity index (χ2v) is 3.91. The van der Waals surface area contributed by atoms with E-state index in [0.29, 0.717) is 0 Å². The molecule has 0 aliphatic heterocycles.